The Morgan fingerprint density at radius 2 is 1.83 bits per heavy atom. The van der Waals surface area contributed by atoms with Crippen LogP contribution in [0.3, 0.4) is 0 Å². The van der Waals surface area contributed by atoms with Crippen molar-refractivity contribution in [2.45, 2.75) is 51.7 Å². The van der Waals surface area contributed by atoms with Gasteiger partial charge in [0.1, 0.15) is 6.04 Å². The summed E-state index contributed by atoms with van der Waals surface area (Å²) in [6.07, 6.45) is 0.807. The fraction of sp³-hybridized carbons (Fsp3) is 0.556. The van der Waals surface area contributed by atoms with Crippen LogP contribution in [0.4, 0.5) is 0 Å². The summed E-state index contributed by atoms with van der Waals surface area (Å²) in [5, 5.41) is 15.2. The molecule has 2 amide bonds. The van der Waals surface area contributed by atoms with Gasteiger partial charge >= 0.3 is 0 Å². The van der Waals surface area contributed by atoms with E-state index in [9.17, 15) is 14.7 Å². The molecule has 5 heteroatoms. The van der Waals surface area contributed by atoms with E-state index in [1.165, 1.54) is 12.5 Å². The highest BCUT2D eigenvalue weighted by molar-refractivity contribution is 5.89. The molecule has 3 unspecified atom stereocenters. The minimum Gasteiger partial charge on any atom is -0.391 e. The second kappa shape index (κ2) is 7.59. The SMILES string of the molecule is Cc1ccc(C(C)CNC(=O)C(NC(=O)C2CC2)C(C)O)cc1. The molecule has 0 radical (unpaired) electrons. The molecule has 3 N–H and O–H groups in total. The fourth-order valence-electron chi connectivity index (χ4n) is 2.40. The second-order valence-corrected chi connectivity index (χ2v) is 6.56. The van der Waals surface area contributed by atoms with Crippen molar-refractivity contribution >= 4 is 11.8 Å². The monoisotopic (exact) mass is 318 g/mol. The third kappa shape index (κ3) is 5.06. The minimum absolute atomic E-state index is 0.00975. The first-order valence-electron chi connectivity index (χ1n) is 8.21. The van der Waals surface area contributed by atoms with Gasteiger partial charge in [0.25, 0.3) is 0 Å². The van der Waals surface area contributed by atoms with Gasteiger partial charge in [-0.3, -0.25) is 9.59 Å². The van der Waals surface area contributed by atoms with Crippen molar-refractivity contribution in [1.29, 1.82) is 0 Å². The number of aryl methyl sites for hydroxylation is 1. The molecule has 0 aromatic heterocycles. The lowest BCUT2D eigenvalue weighted by Gasteiger charge is -2.22. The molecular weight excluding hydrogens is 292 g/mol. The smallest absolute Gasteiger partial charge is 0.245 e. The summed E-state index contributed by atoms with van der Waals surface area (Å²) in [7, 11) is 0. The molecule has 0 spiro atoms. The van der Waals surface area contributed by atoms with Crippen molar-refractivity contribution in [2.75, 3.05) is 6.54 Å². The Balaban J connectivity index is 1.87. The molecule has 1 aromatic rings. The van der Waals surface area contributed by atoms with Crippen molar-refractivity contribution in [2.24, 2.45) is 5.92 Å². The molecule has 5 nitrogen and oxygen atoms in total. The highest BCUT2D eigenvalue weighted by atomic mass is 16.3. The minimum atomic E-state index is -0.924. The molecule has 3 atom stereocenters. The molecule has 1 aromatic carbocycles. The van der Waals surface area contributed by atoms with Crippen molar-refractivity contribution < 1.29 is 14.7 Å². The average Bonchev–Trinajstić information content (AvgIpc) is 3.35. The van der Waals surface area contributed by atoms with E-state index in [-0.39, 0.29) is 23.7 Å². The van der Waals surface area contributed by atoms with E-state index in [0.29, 0.717) is 6.54 Å². The molecule has 0 heterocycles. The van der Waals surface area contributed by atoms with Crippen LogP contribution in [0.1, 0.15) is 43.7 Å². The van der Waals surface area contributed by atoms with Crippen LogP contribution in [0, 0.1) is 12.8 Å². The lowest BCUT2D eigenvalue weighted by molar-refractivity contribution is -0.132. The van der Waals surface area contributed by atoms with Crippen LogP contribution >= 0.6 is 0 Å². The number of rotatable bonds is 7. The molecular formula is C18H26N2O3. The van der Waals surface area contributed by atoms with Crippen molar-refractivity contribution in [3.05, 3.63) is 35.4 Å². The number of benzene rings is 1. The number of nitrogens with one attached hydrogen (secondary N) is 2. The van der Waals surface area contributed by atoms with Gasteiger partial charge < -0.3 is 15.7 Å². The van der Waals surface area contributed by atoms with Gasteiger partial charge in [-0.05, 0) is 38.2 Å². The van der Waals surface area contributed by atoms with Gasteiger partial charge in [0.15, 0.2) is 0 Å². The molecule has 126 valence electrons. The zero-order valence-electron chi connectivity index (χ0n) is 14.0. The highest BCUT2D eigenvalue weighted by Gasteiger charge is 2.34. The van der Waals surface area contributed by atoms with Gasteiger partial charge in [0.05, 0.1) is 6.10 Å². The van der Waals surface area contributed by atoms with Gasteiger partial charge in [-0.25, -0.2) is 0 Å². The van der Waals surface area contributed by atoms with E-state index in [2.05, 4.69) is 10.6 Å². The normalized spacial score (nSPS) is 17.9. The molecule has 1 fully saturated rings. The van der Waals surface area contributed by atoms with E-state index in [1.54, 1.807) is 0 Å². The number of amides is 2. The summed E-state index contributed by atoms with van der Waals surface area (Å²) in [5.74, 6) is -0.311. The molecule has 0 bridgehead atoms. The number of carbonyl (C=O) groups excluding carboxylic acids is 2. The van der Waals surface area contributed by atoms with Gasteiger partial charge in [0, 0.05) is 12.5 Å². The van der Waals surface area contributed by atoms with E-state index in [0.717, 1.165) is 18.4 Å². The Hall–Kier alpha value is -1.88. The lowest BCUT2D eigenvalue weighted by atomic mass is 10.00. The summed E-state index contributed by atoms with van der Waals surface area (Å²) in [5.41, 5.74) is 2.34. The second-order valence-electron chi connectivity index (χ2n) is 6.56. The number of hydrogen-bond acceptors (Lipinski definition) is 3. The van der Waals surface area contributed by atoms with Crippen molar-refractivity contribution in [1.82, 2.24) is 10.6 Å². The van der Waals surface area contributed by atoms with Crippen LogP contribution in [-0.4, -0.2) is 35.6 Å². The molecule has 1 saturated carbocycles. The number of hydrogen-bond donors (Lipinski definition) is 3. The summed E-state index contributed by atoms with van der Waals surface area (Å²) in [4.78, 5) is 24.1. The number of carbonyl (C=O) groups is 2. The van der Waals surface area contributed by atoms with Crippen LogP contribution in [0.15, 0.2) is 24.3 Å². The van der Waals surface area contributed by atoms with E-state index in [1.807, 2.05) is 38.1 Å². The van der Waals surface area contributed by atoms with E-state index < -0.39 is 12.1 Å². The summed E-state index contributed by atoms with van der Waals surface area (Å²) < 4.78 is 0. The topological polar surface area (TPSA) is 78.4 Å². The Bertz CT molecular complexity index is 550. The van der Waals surface area contributed by atoms with Gasteiger partial charge in [-0.15, -0.1) is 0 Å². The third-order valence-corrected chi connectivity index (χ3v) is 4.24. The predicted molar refractivity (Wildman–Crippen MR) is 88.9 cm³/mol. The van der Waals surface area contributed by atoms with Crippen LogP contribution in [0.2, 0.25) is 0 Å². The quantitative estimate of drug-likeness (QED) is 0.713. The average molecular weight is 318 g/mol. The Morgan fingerprint density at radius 3 is 2.35 bits per heavy atom. The lowest BCUT2D eigenvalue weighted by Crippen LogP contribution is -2.53. The van der Waals surface area contributed by atoms with Crippen molar-refractivity contribution in [3.63, 3.8) is 0 Å². The summed E-state index contributed by atoms with van der Waals surface area (Å²) in [6, 6.07) is 7.29. The maximum Gasteiger partial charge on any atom is 0.245 e. The van der Waals surface area contributed by atoms with Crippen LogP contribution in [0.5, 0.6) is 0 Å². The molecule has 1 aliphatic carbocycles. The largest absolute Gasteiger partial charge is 0.391 e. The molecule has 0 saturated heterocycles. The molecule has 2 rings (SSSR count). The first-order chi connectivity index (χ1) is 10.9. The fourth-order valence-corrected chi connectivity index (χ4v) is 2.40. The molecule has 0 aliphatic heterocycles. The number of aliphatic hydroxyl groups excluding tert-OH is 1. The van der Waals surface area contributed by atoms with Crippen LogP contribution in [-0.2, 0) is 9.59 Å². The predicted octanol–water partition coefficient (Wildman–Crippen LogP) is 1.49. The summed E-state index contributed by atoms with van der Waals surface area (Å²) >= 11 is 0. The van der Waals surface area contributed by atoms with Gasteiger partial charge in [0.2, 0.25) is 11.8 Å². The van der Waals surface area contributed by atoms with Gasteiger partial charge in [-0.1, -0.05) is 36.8 Å². The molecule has 1 aliphatic rings. The first-order valence-corrected chi connectivity index (χ1v) is 8.21. The number of aliphatic hydroxyl groups is 1. The van der Waals surface area contributed by atoms with Crippen LogP contribution < -0.4 is 10.6 Å². The maximum absolute atomic E-state index is 12.3. The van der Waals surface area contributed by atoms with Gasteiger partial charge in [-0.2, -0.15) is 0 Å². The van der Waals surface area contributed by atoms with E-state index >= 15 is 0 Å². The Labute approximate surface area is 137 Å². The zero-order valence-corrected chi connectivity index (χ0v) is 14.0. The summed E-state index contributed by atoms with van der Waals surface area (Å²) in [6.45, 7) is 6.04. The van der Waals surface area contributed by atoms with Crippen LogP contribution in [0.25, 0.3) is 0 Å². The van der Waals surface area contributed by atoms with E-state index in [4.69, 9.17) is 0 Å². The molecule has 23 heavy (non-hydrogen) atoms. The van der Waals surface area contributed by atoms with Crippen molar-refractivity contribution in [3.8, 4) is 0 Å². The zero-order chi connectivity index (χ0) is 17.0. The standard InChI is InChI=1S/C18H26N2O3/c1-11-4-6-14(7-5-11)12(2)10-19-18(23)16(13(3)21)20-17(22)15-8-9-15/h4-7,12-13,15-16,21H,8-10H2,1-3H3,(H,19,23)(H,20,22). The Kier molecular flexibility index (Phi) is 5.77. The first kappa shape index (κ1) is 17.5. The maximum atomic E-state index is 12.3. The third-order valence-electron chi connectivity index (χ3n) is 4.24. The highest BCUT2D eigenvalue weighted by Crippen LogP contribution is 2.29. The Morgan fingerprint density at radius 1 is 1.22 bits per heavy atom.